The maximum Gasteiger partial charge on any atom is 0.255 e. The molecule has 4 rings (SSSR count). The average molecular weight is 445 g/mol. The number of rotatable bonds is 4. The third-order valence-corrected chi connectivity index (χ3v) is 5.00. The fourth-order valence-corrected chi connectivity index (χ4v) is 3.50. The van der Waals surface area contributed by atoms with Gasteiger partial charge >= 0.3 is 0 Å². The molecular formula is C24H17BrN2O2. The molecule has 4 nitrogen and oxygen atoms in total. The first-order valence-corrected chi connectivity index (χ1v) is 9.85. The molecule has 0 heterocycles. The zero-order valence-electron chi connectivity index (χ0n) is 15.4. The number of carbonyl (C=O) groups is 2. The first-order valence-electron chi connectivity index (χ1n) is 9.06. The molecule has 0 fully saturated rings. The van der Waals surface area contributed by atoms with Gasteiger partial charge in [0.15, 0.2) is 0 Å². The number of fused-ring (bicyclic) bond motifs is 1. The lowest BCUT2D eigenvalue weighted by Gasteiger charge is -2.10. The molecule has 29 heavy (non-hydrogen) atoms. The zero-order valence-corrected chi connectivity index (χ0v) is 16.9. The summed E-state index contributed by atoms with van der Waals surface area (Å²) in [6.45, 7) is 0. The van der Waals surface area contributed by atoms with Crippen LogP contribution in [0.15, 0.2) is 95.5 Å². The van der Waals surface area contributed by atoms with Gasteiger partial charge in [0, 0.05) is 32.4 Å². The number of hydrogen-bond acceptors (Lipinski definition) is 2. The van der Waals surface area contributed by atoms with Crippen LogP contribution < -0.4 is 10.6 Å². The summed E-state index contributed by atoms with van der Waals surface area (Å²) in [6.07, 6.45) is 0. The summed E-state index contributed by atoms with van der Waals surface area (Å²) >= 11 is 3.36. The van der Waals surface area contributed by atoms with Gasteiger partial charge in [-0.05, 0) is 47.9 Å². The fourth-order valence-electron chi connectivity index (χ4n) is 3.10. The van der Waals surface area contributed by atoms with Crippen molar-refractivity contribution in [2.75, 3.05) is 10.6 Å². The van der Waals surface area contributed by atoms with E-state index in [0.717, 1.165) is 20.9 Å². The molecule has 0 saturated heterocycles. The summed E-state index contributed by atoms with van der Waals surface area (Å²) in [6, 6.07) is 27.7. The summed E-state index contributed by atoms with van der Waals surface area (Å²) in [5.41, 5.74) is 2.30. The molecule has 0 spiro atoms. The van der Waals surface area contributed by atoms with Crippen molar-refractivity contribution >= 4 is 49.9 Å². The molecule has 142 valence electrons. The maximum atomic E-state index is 12.8. The topological polar surface area (TPSA) is 58.2 Å². The predicted molar refractivity (Wildman–Crippen MR) is 120 cm³/mol. The van der Waals surface area contributed by atoms with E-state index < -0.39 is 0 Å². The van der Waals surface area contributed by atoms with Gasteiger partial charge in [0.1, 0.15) is 0 Å². The molecule has 0 unspecified atom stereocenters. The molecule has 0 saturated carbocycles. The van der Waals surface area contributed by atoms with Gasteiger partial charge in [-0.1, -0.05) is 64.5 Å². The molecule has 4 aromatic rings. The van der Waals surface area contributed by atoms with Crippen LogP contribution in [0.2, 0.25) is 0 Å². The van der Waals surface area contributed by atoms with Gasteiger partial charge < -0.3 is 10.6 Å². The number of nitrogens with one attached hydrogen (secondary N) is 2. The molecule has 0 radical (unpaired) electrons. The number of benzene rings is 4. The lowest BCUT2D eigenvalue weighted by atomic mass is 10.1. The Morgan fingerprint density at radius 2 is 1.31 bits per heavy atom. The Hall–Kier alpha value is -3.44. The molecular weight excluding hydrogens is 428 g/mol. The number of hydrogen-bond donors (Lipinski definition) is 2. The predicted octanol–water partition coefficient (Wildman–Crippen LogP) is 6.11. The van der Waals surface area contributed by atoms with Gasteiger partial charge in [0.2, 0.25) is 0 Å². The van der Waals surface area contributed by atoms with Gasteiger partial charge in [-0.25, -0.2) is 0 Å². The SMILES string of the molecule is O=C(Nc1cccc(C(=O)Nc2cccc3ccccc23)c1)c1cccc(Br)c1. The minimum Gasteiger partial charge on any atom is -0.322 e. The third-order valence-electron chi connectivity index (χ3n) is 4.51. The summed E-state index contributed by atoms with van der Waals surface area (Å²) in [7, 11) is 0. The number of carbonyl (C=O) groups excluding carboxylic acids is 2. The van der Waals surface area contributed by atoms with Crippen molar-refractivity contribution < 1.29 is 9.59 Å². The minimum atomic E-state index is -0.238. The third kappa shape index (κ3) is 4.36. The Kier molecular flexibility index (Phi) is 5.40. The normalized spacial score (nSPS) is 10.5. The van der Waals surface area contributed by atoms with Gasteiger partial charge in [-0.3, -0.25) is 9.59 Å². The molecule has 5 heteroatoms. The minimum absolute atomic E-state index is 0.236. The van der Waals surface area contributed by atoms with Crippen LogP contribution in [0.5, 0.6) is 0 Å². The highest BCUT2D eigenvalue weighted by atomic mass is 79.9. The summed E-state index contributed by atoms with van der Waals surface area (Å²) in [5, 5.41) is 7.83. The standard InChI is InChI=1S/C24H17BrN2O2/c25-19-10-3-8-17(14-19)23(28)26-20-11-4-9-18(15-20)24(29)27-22-13-5-7-16-6-1-2-12-21(16)22/h1-15H,(H,26,28)(H,27,29). The van der Waals surface area contributed by atoms with E-state index in [0.29, 0.717) is 16.8 Å². The van der Waals surface area contributed by atoms with Crippen LogP contribution in [0, 0.1) is 0 Å². The molecule has 2 amide bonds. The first-order chi connectivity index (χ1) is 14.1. The smallest absolute Gasteiger partial charge is 0.255 e. The molecule has 0 aromatic heterocycles. The van der Waals surface area contributed by atoms with E-state index in [1.165, 1.54) is 0 Å². The quantitative estimate of drug-likeness (QED) is 0.399. The average Bonchev–Trinajstić information content (AvgIpc) is 2.74. The highest BCUT2D eigenvalue weighted by Crippen LogP contribution is 2.24. The molecule has 0 aliphatic carbocycles. The van der Waals surface area contributed by atoms with E-state index in [2.05, 4.69) is 26.6 Å². The second-order valence-electron chi connectivity index (χ2n) is 6.53. The molecule has 0 aliphatic rings. The second kappa shape index (κ2) is 8.29. The number of anilines is 2. The van der Waals surface area contributed by atoms with E-state index in [9.17, 15) is 9.59 Å². The Balaban J connectivity index is 1.53. The highest BCUT2D eigenvalue weighted by molar-refractivity contribution is 9.10. The Morgan fingerprint density at radius 1 is 0.655 bits per heavy atom. The van der Waals surface area contributed by atoms with Crippen LogP contribution >= 0.6 is 15.9 Å². The van der Waals surface area contributed by atoms with Crippen molar-refractivity contribution in [2.24, 2.45) is 0 Å². The Morgan fingerprint density at radius 3 is 2.14 bits per heavy atom. The molecule has 2 N–H and O–H groups in total. The van der Waals surface area contributed by atoms with Gasteiger partial charge in [0.05, 0.1) is 0 Å². The number of halogens is 1. The Bertz CT molecular complexity index is 1210. The van der Waals surface area contributed by atoms with Crippen LogP contribution in [0.4, 0.5) is 11.4 Å². The van der Waals surface area contributed by atoms with Gasteiger partial charge in [-0.2, -0.15) is 0 Å². The lowest BCUT2D eigenvalue weighted by molar-refractivity contribution is 0.101. The maximum absolute atomic E-state index is 12.8. The summed E-state index contributed by atoms with van der Waals surface area (Å²) < 4.78 is 0.827. The van der Waals surface area contributed by atoms with Gasteiger partial charge in [-0.15, -0.1) is 0 Å². The van der Waals surface area contributed by atoms with E-state index in [-0.39, 0.29) is 11.8 Å². The summed E-state index contributed by atoms with van der Waals surface area (Å²) in [4.78, 5) is 25.2. The Labute approximate surface area is 176 Å². The van der Waals surface area contributed by atoms with Crippen molar-refractivity contribution in [2.45, 2.75) is 0 Å². The van der Waals surface area contributed by atoms with Crippen LogP contribution in [0.1, 0.15) is 20.7 Å². The monoisotopic (exact) mass is 444 g/mol. The van der Waals surface area contributed by atoms with Crippen molar-refractivity contribution in [3.63, 3.8) is 0 Å². The van der Waals surface area contributed by atoms with Crippen molar-refractivity contribution in [1.29, 1.82) is 0 Å². The summed E-state index contributed by atoms with van der Waals surface area (Å²) in [5.74, 6) is -0.474. The molecule has 0 atom stereocenters. The van der Waals surface area contributed by atoms with Crippen molar-refractivity contribution in [1.82, 2.24) is 0 Å². The second-order valence-corrected chi connectivity index (χ2v) is 7.44. The van der Waals surface area contributed by atoms with Gasteiger partial charge in [0.25, 0.3) is 11.8 Å². The van der Waals surface area contributed by atoms with Crippen LogP contribution in [0.25, 0.3) is 10.8 Å². The van der Waals surface area contributed by atoms with E-state index in [1.807, 2.05) is 48.5 Å². The van der Waals surface area contributed by atoms with E-state index in [1.54, 1.807) is 42.5 Å². The fraction of sp³-hybridized carbons (Fsp3) is 0. The van der Waals surface area contributed by atoms with Crippen molar-refractivity contribution in [3.8, 4) is 0 Å². The first kappa shape index (κ1) is 18.9. The largest absolute Gasteiger partial charge is 0.322 e. The van der Waals surface area contributed by atoms with Crippen molar-refractivity contribution in [3.05, 3.63) is 107 Å². The van der Waals surface area contributed by atoms with Crippen LogP contribution in [-0.4, -0.2) is 11.8 Å². The van der Waals surface area contributed by atoms with Crippen LogP contribution in [0.3, 0.4) is 0 Å². The molecule has 4 aromatic carbocycles. The van der Waals surface area contributed by atoms with E-state index in [4.69, 9.17) is 0 Å². The zero-order chi connectivity index (χ0) is 20.2. The molecule has 0 aliphatic heterocycles. The number of amides is 2. The van der Waals surface area contributed by atoms with Crippen LogP contribution in [-0.2, 0) is 0 Å². The molecule has 0 bridgehead atoms. The highest BCUT2D eigenvalue weighted by Gasteiger charge is 2.11. The lowest BCUT2D eigenvalue weighted by Crippen LogP contribution is -2.14. The van der Waals surface area contributed by atoms with E-state index >= 15 is 0 Å².